The number of nitrogens with zero attached hydrogens (tertiary/aromatic N) is 1. The van der Waals surface area contributed by atoms with Crippen molar-refractivity contribution < 1.29 is 14.4 Å². The lowest BCUT2D eigenvalue weighted by atomic mass is 9.93. The van der Waals surface area contributed by atoms with Gasteiger partial charge in [-0.25, -0.2) is 0 Å². The largest absolute Gasteiger partial charge is 0.344 e. The van der Waals surface area contributed by atoms with Crippen LogP contribution in [0.3, 0.4) is 0 Å². The van der Waals surface area contributed by atoms with Gasteiger partial charge >= 0.3 is 0 Å². The first kappa shape index (κ1) is 18.4. The third kappa shape index (κ3) is 2.54. The number of nitrogens with one attached hydrogen (secondary N) is 2. The average molecular weight is 418 g/mol. The molecule has 3 aromatic carbocycles. The SMILES string of the molecule is CC(=O)Nc1ccc2c(c1)c1c3c(c(-c4ccccc4Cl)cc1n2C)C(=O)NC3=O. The number of amides is 3. The van der Waals surface area contributed by atoms with Crippen molar-refractivity contribution in [3.05, 3.63) is 64.7 Å². The lowest BCUT2D eigenvalue weighted by Gasteiger charge is -2.10. The van der Waals surface area contributed by atoms with Crippen LogP contribution in [0.1, 0.15) is 27.6 Å². The van der Waals surface area contributed by atoms with Gasteiger partial charge < -0.3 is 9.88 Å². The van der Waals surface area contributed by atoms with Crippen molar-refractivity contribution in [3.63, 3.8) is 0 Å². The van der Waals surface area contributed by atoms with Gasteiger partial charge in [-0.05, 0) is 35.9 Å². The molecule has 1 aromatic heterocycles. The Balaban J connectivity index is 1.94. The summed E-state index contributed by atoms with van der Waals surface area (Å²) in [6, 6.07) is 14.7. The van der Waals surface area contributed by atoms with Crippen molar-refractivity contribution >= 4 is 56.8 Å². The summed E-state index contributed by atoms with van der Waals surface area (Å²) in [7, 11) is 1.90. The van der Waals surface area contributed by atoms with Gasteiger partial charge in [0, 0.05) is 46.5 Å². The van der Waals surface area contributed by atoms with Gasteiger partial charge in [-0.3, -0.25) is 19.7 Å². The van der Waals surface area contributed by atoms with Crippen LogP contribution >= 0.6 is 11.6 Å². The minimum Gasteiger partial charge on any atom is -0.344 e. The molecule has 30 heavy (non-hydrogen) atoms. The highest BCUT2D eigenvalue weighted by molar-refractivity contribution is 6.36. The average Bonchev–Trinajstić information content (AvgIpc) is 3.15. The fourth-order valence-electron chi connectivity index (χ4n) is 4.23. The molecule has 2 N–H and O–H groups in total. The molecular weight excluding hydrogens is 402 g/mol. The maximum absolute atomic E-state index is 12.8. The van der Waals surface area contributed by atoms with Gasteiger partial charge in [0.05, 0.1) is 16.6 Å². The fraction of sp³-hybridized carbons (Fsp3) is 0.0870. The molecule has 0 atom stereocenters. The lowest BCUT2D eigenvalue weighted by molar-refractivity contribution is -0.114. The molecule has 0 spiro atoms. The number of carbonyl (C=O) groups excluding carboxylic acids is 3. The topological polar surface area (TPSA) is 80.2 Å². The molecule has 0 saturated carbocycles. The van der Waals surface area contributed by atoms with Crippen LogP contribution in [-0.4, -0.2) is 22.3 Å². The van der Waals surface area contributed by atoms with Crippen molar-refractivity contribution in [2.24, 2.45) is 7.05 Å². The Bertz CT molecular complexity index is 1440. The van der Waals surface area contributed by atoms with E-state index in [2.05, 4.69) is 10.6 Å². The van der Waals surface area contributed by atoms with Crippen molar-refractivity contribution in [1.82, 2.24) is 9.88 Å². The van der Waals surface area contributed by atoms with Crippen LogP contribution in [0, 0.1) is 0 Å². The number of aryl methyl sites for hydroxylation is 1. The molecule has 1 aliphatic heterocycles. The molecule has 7 heteroatoms. The fourth-order valence-corrected chi connectivity index (χ4v) is 4.47. The quantitative estimate of drug-likeness (QED) is 0.471. The highest BCUT2D eigenvalue weighted by Gasteiger charge is 2.34. The predicted octanol–water partition coefficient (Wildman–Crippen LogP) is 4.49. The number of hydrogen-bond acceptors (Lipinski definition) is 3. The molecule has 1 aliphatic rings. The van der Waals surface area contributed by atoms with E-state index in [-0.39, 0.29) is 5.91 Å². The molecule has 0 aliphatic carbocycles. The Hall–Kier alpha value is -3.64. The number of imide groups is 1. The van der Waals surface area contributed by atoms with Crippen molar-refractivity contribution in [2.75, 3.05) is 5.32 Å². The molecule has 4 aromatic rings. The van der Waals surface area contributed by atoms with Crippen molar-refractivity contribution in [1.29, 1.82) is 0 Å². The summed E-state index contributed by atoms with van der Waals surface area (Å²) >= 11 is 6.42. The summed E-state index contributed by atoms with van der Waals surface area (Å²) in [4.78, 5) is 37.1. The smallest absolute Gasteiger partial charge is 0.259 e. The summed E-state index contributed by atoms with van der Waals surface area (Å²) in [6.45, 7) is 1.44. The van der Waals surface area contributed by atoms with Gasteiger partial charge in [-0.15, -0.1) is 0 Å². The number of aromatic nitrogens is 1. The van der Waals surface area contributed by atoms with Crippen LogP contribution in [0.4, 0.5) is 5.69 Å². The minimum absolute atomic E-state index is 0.186. The zero-order valence-electron chi connectivity index (χ0n) is 16.2. The zero-order chi connectivity index (χ0) is 21.2. The van der Waals surface area contributed by atoms with E-state index in [4.69, 9.17) is 11.6 Å². The molecule has 2 heterocycles. The molecule has 6 nitrogen and oxygen atoms in total. The van der Waals surface area contributed by atoms with E-state index in [0.717, 1.165) is 16.4 Å². The van der Waals surface area contributed by atoms with E-state index < -0.39 is 11.8 Å². The van der Waals surface area contributed by atoms with Crippen molar-refractivity contribution in [3.8, 4) is 11.1 Å². The van der Waals surface area contributed by atoms with Crippen LogP contribution in [0.25, 0.3) is 32.9 Å². The van der Waals surface area contributed by atoms with Crippen LogP contribution in [-0.2, 0) is 11.8 Å². The monoisotopic (exact) mass is 417 g/mol. The molecule has 0 saturated heterocycles. The van der Waals surface area contributed by atoms with Gasteiger partial charge in [0.1, 0.15) is 0 Å². The van der Waals surface area contributed by atoms with Crippen molar-refractivity contribution in [2.45, 2.75) is 6.92 Å². The van der Waals surface area contributed by atoms with Crippen LogP contribution in [0.2, 0.25) is 5.02 Å². The van der Waals surface area contributed by atoms with Crippen LogP contribution in [0.5, 0.6) is 0 Å². The first-order chi connectivity index (χ1) is 14.4. The Labute approximate surface area is 176 Å². The summed E-state index contributed by atoms with van der Waals surface area (Å²) in [5.41, 5.74) is 4.24. The maximum Gasteiger partial charge on any atom is 0.259 e. The number of anilines is 1. The summed E-state index contributed by atoms with van der Waals surface area (Å²) in [5.74, 6) is -1.07. The summed E-state index contributed by atoms with van der Waals surface area (Å²) in [5, 5.41) is 7.15. The molecule has 0 bridgehead atoms. The molecule has 0 radical (unpaired) electrons. The van der Waals surface area contributed by atoms with E-state index in [0.29, 0.717) is 38.4 Å². The number of rotatable bonds is 2. The second kappa shape index (κ2) is 6.43. The van der Waals surface area contributed by atoms with Gasteiger partial charge in [0.2, 0.25) is 5.91 Å². The molecule has 3 amide bonds. The number of benzene rings is 3. The summed E-state index contributed by atoms with van der Waals surface area (Å²) < 4.78 is 1.97. The molecule has 148 valence electrons. The van der Waals surface area contributed by atoms with Crippen LogP contribution in [0.15, 0.2) is 48.5 Å². The first-order valence-corrected chi connectivity index (χ1v) is 9.72. The third-order valence-electron chi connectivity index (χ3n) is 5.46. The van der Waals surface area contributed by atoms with E-state index in [1.165, 1.54) is 6.92 Å². The molecule has 5 rings (SSSR count). The highest BCUT2D eigenvalue weighted by atomic mass is 35.5. The van der Waals surface area contributed by atoms with E-state index >= 15 is 0 Å². The molecular formula is C23H16ClN3O3. The minimum atomic E-state index is -0.443. The lowest BCUT2D eigenvalue weighted by Crippen LogP contribution is -2.20. The maximum atomic E-state index is 12.8. The van der Waals surface area contributed by atoms with E-state index in [9.17, 15) is 14.4 Å². The van der Waals surface area contributed by atoms with Gasteiger partial charge in [0.25, 0.3) is 11.8 Å². The normalized spacial score (nSPS) is 13.0. The number of fused-ring (bicyclic) bond motifs is 5. The van der Waals surface area contributed by atoms with Gasteiger partial charge in [-0.2, -0.15) is 0 Å². The Morgan fingerprint density at radius 3 is 2.43 bits per heavy atom. The predicted molar refractivity (Wildman–Crippen MR) is 117 cm³/mol. The second-order valence-electron chi connectivity index (χ2n) is 7.30. The molecule has 0 fully saturated rings. The zero-order valence-corrected chi connectivity index (χ0v) is 16.9. The Morgan fingerprint density at radius 2 is 1.70 bits per heavy atom. The second-order valence-corrected chi connectivity index (χ2v) is 7.71. The van der Waals surface area contributed by atoms with Gasteiger partial charge in [0.15, 0.2) is 0 Å². The third-order valence-corrected chi connectivity index (χ3v) is 5.79. The first-order valence-electron chi connectivity index (χ1n) is 9.34. The Kier molecular flexibility index (Phi) is 3.95. The highest BCUT2D eigenvalue weighted by Crippen LogP contribution is 2.42. The number of hydrogen-bond donors (Lipinski definition) is 2. The van der Waals surface area contributed by atoms with E-state index in [1.54, 1.807) is 6.07 Å². The standard InChI is InChI=1S/C23H16ClN3O3/c1-11(28)25-12-7-8-17-15(9-12)19-18(27(17)2)10-14(13-5-3-4-6-16(13)24)20-21(19)23(30)26-22(20)29/h3-10H,1-2H3,(H,25,28)(H,26,29,30). The Morgan fingerprint density at radius 1 is 0.967 bits per heavy atom. The molecule has 0 unspecified atom stereocenters. The summed E-state index contributed by atoms with van der Waals surface area (Å²) in [6.07, 6.45) is 0. The number of carbonyl (C=O) groups is 3. The van der Waals surface area contributed by atoms with E-state index in [1.807, 2.05) is 54.1 Å². The van der Waals surface area contributed by atoms with Crippen LogP contribution < -0.4 is 10.6 Å². The number of halogens is 1. The van der Waals surface area contributed by atoms with Gasteiger partial charge in [-0.1, -0.05) is 29.8 Å².